The maximum absolute atomic E-state index is 12.6. The first-order valence-corrected chi connectivity index (χ1v) is 10.5. The van der Waals surface area contributed by atoms with Crippen LogP contribution in [-0.2, 0) is 9.53 Å². The molecule has 2 aromatic rings. The molecule has 9 nitrogen and oxygen atoms in total. The van der Waals surface area contributed by atoms with Crippen LogP contribution in [0.1, 0.15) is 18.6 Å². The number of ether oxygens (including phenoxy) is 3. The predicted molar refractivity (Wildman–Crippen MR) is 117 cm³/mol. The van der Waals surface area contributed by atoms with E-state index in [0.717, 1.165) is 6.08 Å². The molecule has 0 unspecified atom stereocenters. The van der Waals surface area contributed by atoms with E-state index in [1.807, 2.05) is 0 Å². The molecule has 0 aliphatic carbocycles. The smallest absolute Gasteiger partial charge is 0.412 e. The van der Waals surface area contributed by atoms with Crippen molar-refractivity contribution in [2.24, 2.45) is 5.92 Å². The average Bonchev–Trinajstić information content (AvgIpc) is 3.20. The van der Waals surface area contributed by atoms with Gasteiger partial charge in [0, 0.05) is 33.8 Å². The zero-order chi connectivity index (χ0) is 22.5. The van der Waals surface area contributed by atoms with Gasteiger partial charge in [-0.2, -0.15) is 0 Å². The zero-order valence-corrected chi connectivity index (χ0v) is 19.3. The fourth-order valence-electron chi connectivity index (χ4n) is 2.87. The van der Waals surface area contributed by atoms with Crippen LogP contribution in [0.25, 0.3) is 0 Å². The summed E-state index contributed by atoms with van der Waals surface area (Å²) in [5.41, 5.74) is 2.23. The van der Waals surface area contributed by atoms with Gasteiger partial charge < -0.3 is 19.3 Å². The van der Waals surface area contributed by atoms with Crippen molar-refractivity contribution in [3.63, 3.8) is 0 Å². The molecular weight excluding hydrogens is 540 g/mol. The number of carbonyl (C=O) groups is 2. The van der Waals surface area contributed by atoms with Crippen LogP contribution in [0.4, 0.5) is 10.5 Å². The standard InChI is InChI=1S/C20H18Br2N2O7/c1-10(2-5-17(25)24-28)19(13-6-11(21)7-14(22)18(13)26)31-20(27)23-12-3-4-15-16(8-12)30-9-29-15/h2-8,10,19,26,28H,9H2,1H3,(H,23,27)(H,24,25)/b5-2+/t10-,19-/m1/s1. The fourth-order valence-corrected chi connectivity index (χ4v) is 4.13. The number of hydroxylamine groups is 1. The summed E-state index contributed by atoms with van der Waals surface area (Å²) in [6, 6.07) is 8.13. The lowest BCUT2D eigenvalue weighted by molar-refractivity contribution is -0.124. The Morgan fingerprint density at radius 3 is 2.68 bits per heavy atom. The van der Waals surface area contributed by atoms with Crippen LogP contribution in [0.15, 0.2) is 51.4 Å². The highest BCUT2D eigenvalue weighted by Crippen LogP contribution is 2.40. The maximum Gasteiger partial charge on any atom is 0.412 e. The molecule has 2 amide bonds. The third-order valence-electron chi connectivity index (χ3n) is 4.36. The molecule has 1 aliphatic rings. The lowest BCUT2D eigenvalue weighted by Gasteiger charge is -2.24. The van der Waals surface area contributed by atoms with Crippen molar-refractivity contribution >= 4 is 49.5 Å². The Morgan fingerprint density at radius 1 is 1.19 bits per heavy atom. The Morgan fingerprint density at radius 2 is 1.94 bits per heavy atom. The van der Waals surface area contributed by atoms with Crippen LogP contribution in [0, 0.1) is 5.92 Å². The SMILES string of the molecule is C[C@H](/C=C/C(=O)NO)[C@@H](OC(=O)Nc1ccc2c(c1)OCO2)c1cc(Br)cc(Br)c1O. The molecule has 2 aromatic carbocycles. The van der Waals surface area contributed by atoms with E-state index in [0.29, 0.717) is 31.7 Å². The number of hydrogen-bond acceptors (Lipinski definition) is 7. The Kier molecular flexibility index (Phi) is 7.42. The minimum atomic E-state index is -0.967. The van der Waals surface area contributed by atoms with Gasteiger partial charge in [-0.3, -0.25) is 15.3 Å². The number of benzene rings is 2. The largest absolute Gasteiger partial charge is 0.506 e. The first-order chi connectivity index (χ1) is 14.8. The van der Waals surface area contributed by atoms with Crippen LogP contribution >= 0.6 is 31.9 Å². The van der Waals surface area contributed by atoms with Crippen molar-refractivity contribution in [3.8, 4) is 17.2 Å². The van der Waals surface area contributed by atoms with Crippen LogP contribution in [0.2, 0.25) is 0 Å². The summed E-state index contributed by atoms with van der Waals surface area (Å²) in [6.45, 7) is 1.79. The van der Waals surface area contributed by atoms with Crippen LogP contribution in [-0.4, -0.2) is 29.1 Å². The monoisotopic (exact) mass is 556 g/mol. The van der Waals surface area contributed by atoms with Gasteiger partial charge in [0.2, 0.25) is 6.79 Å². The van der Waals surface area contributed by atoms with E-state index in [2.05, 4.69) is 37.2 Å². The van der Waals surface area contributed by atoms with E-state index >= 15 is 0 Å². The summed E-state index contributed by atoms with van der Waals surface area (Å²) < 4.78 is 17.2. The molecule has 3 rings (SSSR count). The molecule has 4 N–H and O–H groups in total. The molecule has 0 saturated carbocycles. The molecule has 164 valence electrons. The number of phenols is 1. The maximum atomic E-state index is 12.6. The molecule has 0 spiro atoms. The molecule has 31 heavy (non-hydrogen) atoms. The van der Waals surface area contributed by atoms with Crippen molar-refractivity contribution in [1.82, 2.24) is 5.48 Å². The normalized spacial score (nSPS) is 14.2. The molecule has 0 radical (unpaired) electrons. The summed E-state index contributed by atoms with van der Waals surface area (Å²) in [5, 5.41) is 21.8. The molecule has 0 saturated heterocycles. The van der Waals surface area contributed by atoms with Gasteiger partial charge in [0.1, 0.15) is 11.9 Å². The van der Waals surface area contributed by atoms with Crippen LogP contribution in [0.5, 0.6) is 17.2 Å². The number of carbonyl (C=O) groups excluding carboxylic acids is 2. The lowest BCUT2D eigenvalue weighted by Crippen LogP contribution is -2.22. The molecule has 2 atom stereocenters. The minimum absolute atomic E-state index is 0.105. The van der Waals surface area contributed by atoms with Gasteiger partial charge in [-0.25, -0.2) is 10.3 Å². The van der Waals surface area contributed by atoms with E-state index in [1.54, 1.807) is 37.3 Å². The topological polar surface area (TPSA) is 126 Å². The molecule has 1 aliphatic heterocycles. The number of halogens is 2. The highest BCUT2D eigenvalue weighted by molar-refractivity contribution is 9.11. The molecule has 0 bridgehead atoms. The second-order valence-electron chi connectivity index (χ2n) is 6.54. The summed E-state index contributed by atoms with van der Waals surface area (Å²) in [6.07, 6.45) is 0.788. The quantitative estimate of drug-likeness (QED) is 0.232. The van der Waals surface area contributed by atoms with E-state index < -0.39 is 24.0 Å². The van der Waals surface area contributed by atoms with Gasteiger partial charge in [0.05, 0.1) is 4.47 Å². The Labute approximate surface area is 194 Å². The first kappa shape index (κ1) is 22.9. The highest BCUT2D eigenvalue weighted by Gasteiger charge is 2.27. The molecule has 0 fully saturated rings. The third kappa shape index (κ3) is 5.69. The Hall–Kier alpha value is -2.76. The van der Waals surface area contributed by atoms with Crippen LogP contribution < -0.4 is 20.3 Å². The predicted octanol–water partition coefficient (Wildman–Crippen LogP) is 4.63. The summed E-state index contributed by atoms with van der Waals surface area (Å²) in [4.78, 5) is 24.0. The summed E-state index contributed by atoms with van der Waals surface area (Å²) in [7, 11) is 0. The second-order valence-corrected chi connectivity index (χ2v) is 8.31. The molecule has 1 heterocycles. The van der Waals surface area contributed by atoms with E-state index in [9.17, 15) is 14.7 Å². The Bertz CT molecular complexity index is 1030. The molecular formula is C20H18Br2N2O7. The minimum Gasteiger partial charge on any atom is -0.506 e. The fraction of sp³-hybridized carbons (Fsp3) is 0.200. The van der Waals surface area contributed by atoms with E-state index in [-0.39, 0.29) is 12.5 Å². The van der Waals surface area contributed by atoms with Gasteiger partial charge >= 0.3 is 6.09 Å². The van der Waals surface area contributed by atoms with E-state index in [1.165, 1.54) is 11.6 Å². The van der Waals surface area contributed by atoms with Crippen molar-refractivity contribution in [1.29, 1.82) is 0 Å². The first-order valence-electron chi connectivity index (χ1n) is 8.96. The van der Waals surface area contributed by atoms with Crippen molar-refractivity contribution in [3.05, 3.63) is 57.0 Å². The lowest BCUT2D eigenvalue weighted by atomic mass is 9.96. The summed E-state index contributed by atoms with van der Waals surface area (Å²) in [5.74, 6) is -0.339. The van der Waals surface area contributed by atoms with Crippen LogP contribution in [0.3, 0.4) is 0 Å². The number of rotatable bonds is 6. The Balaban J connectivity index is 1.84. The number of amides is 2. The summed E-state index contributed by atoms with van der Waals surface area (Å²) >= 11 is 6.61. The van der Waals surface area contributed by atoms with Gasteiger partial charge in [-0.05, 0) is 40.2 Å². The number of phenolic OH excluding ortho intramolecular Hbond substituents is 1. The number of nitrogens with one attached hydrogen (secondary N) is 2. The van der Waals surface area contributed by atoms with E-state index in [4.69, 9.17) is 19.4 Å². The van der Waals surface area contributed by atoms with Gasteiger partial charge in [-0.1, -0.05) is 28.9 Å². The molecule has 11 heteroatoms. The van der Waals surface area contributed by atoms with Crippen molar-refractivity contribution < 1.29 is 34.1 Å². The van der Waals surface area contributed by atoms with Gasteiger partial charge in [0.25, 0.3) is 5.91 Å². The average molecular weight is 558 g/mol. The van der Waals surface area contributed by atoms with Gasteiger partial charge in [-0.15, -0.1) is 0 Å². The van der Waals surface area contributed by atoms with Crippen molar-refractivity contribution in [2.75, 3.05) is 12.1 Å². The number of aromatic hydroxyl groups is 1. The van der Waals surface area contributed by atoms with Gasteiger partial charge in [0.15, 0.2) is 11.5 Å². The molecule has 0 aromatic heterocycles. The zero-order valence-electron chi connectivity index (χ0n) is 16.1. The number of hydrogen-bond donors (Lipinski definition) is 4. The van der Waals surface area contributed by atoms with Crippen molar-refractivity contribution in [2.45, 2.75) is 13.0 Å². The highest BCUT2D eigenvalue weighted by atomic mass is 79.9. The second kappa shape index (κ2) is 10.0. The third-order valence-corrected chi connectivity index (χ3v) is 5.42. The number of fused-ring (bicyclic) bond motifs is 1. The number of anilines is 1.